The predicted molar refractivity (Wildman–Crippen MR) is 97.0 cm³/mol. The molecule has 1 aromatic carbocycles. The van der Waals surface area contributed by atoms with Crippen LogP contribution >= 0.6 is 0 Å². The fourth-order valence-electron chi connectivity index (χ4n) is 2.28. The van der Waals surface area contributed by atoms with Crippen LogP contribution < -0.4 is 5.32 Å². The van der Waals surface area contributed by atoms with Crippen LogP contribution in [0.1, 0.15) is 32.8 Å². The fraction of sp³-hybridized carbons (Fsp3) is 0.350. The number of hydrogen-bond acceptors (Lipinski definition) is 5. The molecule has 0 bridgehead atoms. The van der Waals surface area contributed by atoms with Crippen LogP contribution in [0.3, 0.4) is 0 Å². The summed E-state index contributed by atoms with van der Waals surface area (Å²) in [5.41, 5.74) is -2.81. The molecule has 150 valence electrons. The van der Waals surface area contributed by atoms with Crippen molar-refractivity contribution < 1.29 is 32.6 Å². The van der Waals surface area contributed by atoms with E-state index in [0.717, 1.165) is 6.92 Å². The van der Waals surface area contributed by atoms with E-state index in [0.29, 0.717) is 5.56 Å². The standard InChI is InChI=1S/C20H21F2NO5/c1-4-27-18(25)20(23-14(3)24,19(26)28-5-2)13-16(17(21)22)12-11-15-9-7-6-8-10-15/h6-10H,4-5,13H2,1-3H3,(H,23,24). The van der Waals surface area contributed by atoms with Gasteiger partial charge >= 0.3 is 11.9 Å². The molecular weight excluding hydrogens is 372 g/mol. The lowest BCUT2D eigenvalue weighted by molar-refractivity contribution is -0.167. The van der Waals surface area contributed by atoms with Gasteiger partial charge in [-0.05, 0) is 26.0 Å². The summed E-state index contributed by atoms with van der Waals surface area (Å²) >= 11 is 0. The Kier molecular flexibility index (Phi) is 8.82. The number of ether oxygens (including phenoxy) is 2. The van der Waals surface area contributed by atoms with Gasteiger partial charge in [-0.2, -0.15) is 8.78 Å². The number of carbonyl (C=O) groups excluding carboxylic acids is 3. The largest absolute Gasteiger partial charge is 0.464 e. The Labute approximate surface area is 161 Å². The van der Waals surface area contributed by atoms with Gasteiger partial charge in [-0.3, -0.25) is 4.79 Å². The van der Waals surface area contributed by atoms with Crippen molar-refractivity contribution in [2.45, 2.75) is 32.7 Å². The topological polar surface area (TPSA) is 81.7 Å². The third-order valence-corrected chi connectivity index (χ3v) is 3.44. The summed E-state index contributed by atoms with van der Waals surface area (Å²) < 4.78 is 36.8. The molecule has 28 heavy (non-hydrogen) atoms. The number of amides is 1. The van der Waals surface area contributed by atoms with E-state index in [1.807, 2.05) is 0 Å². The monoisotopic (exact) mass is 393 g/mol. The van der Waals surface area contributed by atoms with Crippen LogP contribution in [0.5, 0.6) is 0 Å². The zero-order valence-electron chi connectivity index (χ0n) is 15.8. The van der Waals surface area contributed by atoms with Gasteiger partial charge in [-0.25, -0.2) is 9.59 Å². The van der Waals surface area contributed by atoms with E-state index in [9.17, 15) is 23.2 Å². The fourth-order valence-corrected chi connectivity index (χ4v) is 2.28. The molecule has 0 saturated carbocycles. The lowest BCUT2D eigenvalue weighted by Gasteiger charge is -2.29. The molecule has 1 aromatic rings. The predicted octanol–water partition coefficient (Wildman–Crippen LogP) is 2.58. The molecule has 0 aliphatic rings. The van der Waals surface area contributed by atoms with Crippen LogP contribution in [-0.2, 0) is 23.9 Å². The maximum absolute atomic E-state index is 13.5. The van der Waals surface area contributed by atoms with Crippen molar-refractivity contribution in [1.29, 1.82) is 0 Å². The van der Waals surface area contributed by atoms with Gasteiger partial charge < -0.3 is 14.8 Å². The van der Waals surface area contributed by atoms with Gasteiger partial charge in [0.15, 0.2) is 0 Å². The minimum absolute atomic E-state index is 0.133. The average molecular weight is 393 g/mol. The molecule has 0 radical (unpaired) electrons. The van der Waals surface area contributed by atoms with Gasteiger partial charge in [0.1, 0.15) is 0 Å². The first kappa shape index (κ1) is 22.8. The maximum Gasteiger partial charge on any atom is 0.344 e. The summed E-state index contributed by atoms with van der Waals surface area (Å²) in [6, 6.07) is 8.31. The van der Waals surface area contributed by atoms with E-state index in [1.54, 1.807) is 30.3 Å². The van der Waals surface area contributed by atoms with Crippen molar-refractivity contribution in [2.24, 2.45) is 0 Å². The van der Waals surface area contributed by atoms with E-state index in [-0.39, 0.29) is 13.2 Å². The molecule has 1 N–H and O–H groups in total. The van der Waals surface area contributed by atoms with Gasteiger partial charge in [-0.15, -0.1) is 0 Å². The Morgan fingerprint density at radius 3 is 2.00 bits per heavy atom. The third kappa shape index (κ3) is 6.20. The first-order valence-electron chi connectivity index (χ1n) is 8.51. The molecule has 0 heterocycles. The second-order valence-corrected chi connectivity index (χ2v) is 5.56. The van der Waals surface area contributed by atoms with Gasteiger partial charge in [-0.1, -0.05) is 30.0 Å². The summed E-state index contributed by atoms with van der Waals surface area (Å²) in [7, 11) is 0. The number of carbonyl (C=O) groups is 3. The second-order valence-electron chi connectivity index (χ2n) is 5.56. The molecule has 0 saturated heterocycles. The summed E-state index contributed by atoms with van der Waals surface area (Å²) in [5, 5.41) is 2.12. The zero-order chi connectivity index (χ0) is 21.2. The summed E-state index contributed by atoms with van der Waals surface area (Å²) in [5.74, 6) is 1.60. The highest BCUT2D eigenvalue weighted by Gasteiger charge is 2.51. The number of hydrogen-bond donors (Lipinski definition) is 1. The molecule has 6 nitrogen and oxygen atoms in total. The van der Waals surface area contributed by atoms with Crippen LogP contribution in [0.4, 0.5) is 8.78 Å². The molecular formula is C20H21F2NO5. The highest BCUT2D eigenvalue weighted by Crippen LogP contribution is 2.24. The minimum Gasteiger partial charge on any atom is -0.464 e. The smallest absolute Gasteiger partial charge is 0.344 e. The van der Waals surface area contributed by atoms with E-state index >= 15 is 0 Å². The Balaban J connectivity index is 3.43. The van der Waals surface area contributed by atoms with E-state index in [2.05, 4.69) is 17.2 Å². The third-order valence-electron chi connectivity index (χ3n) is 3.44. The highest BCUT2D eigenvalue weighted by atomic mass is 19.3. The minimum atomic E-state index is -2.47. The molecule has 0 fully saturated rings. The van der Waals surface area contributed by atoms with Crippen molar-refractivity contribution in [3.63, 3.8) is 0 Å². The van der Waals surface area contributed by atoms with E-state index in [4.69, 9.17) is 9.47 Å². The van der Waals surface area contributed by atoms with Gasteiger partial charge in [0.05, 0.1) is 18.8 Å². The molecule has 0 aliphatic heterocycles. The van der Waals surface area contributed by atoms with Crippen LogP contribution in [0.25, 0.3) is 0 Å². The summed E-state index contributed by atoms with van der Waals surface area (Å²) in [4.78, 5) is 36.6. The Hall–Kier alpha value is -3.21. The van der Waals surface area contributed by atoms with Crippen molar-refractivity contribution in [3.8, 4) is 11.8 Å². The van der Waals surface area contributed by atoms with Gasteiger partial charge in [0, 0.05) is 18.9 Å². The Morgan fingerprint density at radius 1 is 1.04 bits per heavy atom. The number of rotatable bonds is 7. The average Bonchev–Trinajstić information content (AvgIpc) is 2.64. The molecule has 0 unspecified atom stereocenters. The van der Waals surface area contributed by atoms with Gasteiger partial charge in [0.2, 0.25) is 11.4 Å². The highest BCUT2D eigenvalue weighted by molar-refractivity contribution is 6.08. The van der Waals surface area contributed by atoms with Gasteiger partial charge in [0.25, 0.3) is 6.08 Å². The van der Waals surface area contributed by atoms with Crippen LogP contribution in [0, 0.1) is 11.8 Å². The summed E-state index contributed by atoms with van der Waals surface area (Å²) in [6.45, 7) is 3.73. The molecule has 1 rings (SSSR count). The molecule has 0 spiro atoms. The first-order chi connectivity index (χ1) is 13.3. The number of benzene rings is 1. The Bertz CT molecular complexity index is 787. The number of halogens is 2. The molecule has 0 aliphatic carbocycles. The lowest BCUT2D eigenvalue weighted by Crippen LogP contribution is -2.61. The molecule has 8 heteroatoms. The summed E-state index contributed by atoms with van der Waals surface area (Å²) in [6.07, 6.45) is -3.10. The van der Waals surface area contributed by atoms with Crippen molar-refractivity contribution >= 4 is 17.8 Å². The van der Waals surface area contributed by atoms with E-state index in [1.165, 1.54) is 13.8 Å². The molecule has 0 atom stereocenters. The van der Waals surface area contributed by atoms with Crippen LogP contribution in [0.15, 0.2) is 42.0 Å². The van der Waals surface area contributed by atoms with E-state index < -0.39 is 41.5 Å². The lowest BCUT2D eigenvalue weighted by atomic mass is 9.90. The van der Waals surface area contributed by atoms with Crippen molar-refractivity contribution in [2.75, 3.05) is 13.2 Å². The number of nitrogens with one attached hydrogen (secondary N) is 1. The molecule has 1 amide bonds. The van der Waals surface area contributed by atoms with Crippen LogP contribution in [0.2, 0.25) is 0 Å². The SMILES string of the molecule is CCOC(=O)C(CC(C#Cc1ccccc1)=C(F)F)(NC(C)=O)C(=O)OCC. The number of esters is 2. The van der Waals surface area contributed by atoms with Crippen molar-refractivity contribution in [1.82, 2.24) is 5.32 Å². The quantitative estimate of drug-likeness (QED) is 0.438. The normalized spacial score (nSPS) is 10.2. The van der Waals surface area contributed by atoms with Crippen molar-refractivity contribution in [3.05, 3.63) is 47.5 Å². The maximum atomic E-state index is 13.5. The molecule has 0 aromatic heterocycles. The van der Waals surface area contributed by atoms with Crippen LogP contribution in [-0.4, -0.2) is 36.6 Å². The Morgan fingerprint density at radius 2 is 1.57 bits per heavy atom. The second kappa shape index (κ2) is 10.8. The first-order valence-corrected chi connectivity index (χ1v) is 8.51. The zero-order valence-corrected chi connectivity index (χ0v) is 15.8.